The quantitative estimate of drug-likeness (QED) is 0.804. The number of piperazine rings is 1. The Morgan fingerprint density at radius 1 is 1.04 bits per heavy atom. The van der Waals surface area contributed by atoms with Gasteiger partial charge in [-0.15, -0.1) is 0 Å². The summed E-state index contributed by atoms with van der Waals surface area (Å²) in [6, 6.07) is 12.7. The number of methoxy groups -OCH3 is 1. The van der Waals surface area contributed by atoms with E-state index in [1.807, 2.05) is 31.2 Å². The lowest BCUT2D eigenvalue weighted by atomic mass is 10.1. The first-order chi connectivity index (χ1) is 13.0. The molecule has 2 aromatic rings. The van der Waals surface area contributed by atoms with Crippen LogP contribution in [0.2, 0.25) is 0 Å². The second-order valence-electron chi connectivity index (χ2n) is 6.42. The van der Waals surface area contributed by atoms with Crippen LogP contribution in [0.5, 0.6) is 5.75 Å². The molecule has 1 saturated heterocycles. The van der Waals surface area contributed by atoms with Crippen molar-refractivity contribution in [2.45, 2.75) is 6.92 Å². The third kappa shape index (κ3) is 4.60. The molecule has 0 bridgehead atoms. The first kappa shape index (κ1) is 19.2. The number of carbonyl (C=O) groups is 2. The molecule has 27 heavy (non-hydrogen) atoms. The van der Waals surface area contributed by atoms with Crippen LogP contribution in [0.1, 0.15) is 15.9 Å². The number of aryl methyl sites for hydroxylation is 1. The third-order valence-electron chi connectivity index (χ3n) is 4.54. The molecule has 2 aromatic carbocycles. The Hall–Kier alpha value is -2.54. The van der Waals surface area contributed by atoms with Gasteiger partial charge in [-0.25, -0.2) is 4.79 Å². The normalized spacial score (nSPS) is 14.0. The molecule has 0 unspecified atom stereocenters. The SMILES string of the molecule is COc1cccc(C(=O)N2CCN(C(=O)Nc3ccc(C)cc3Br)CC2)c1. The van der Waals surface area contributed by atoms with Crippen LogP contribution in [0, 0.1) is 6.92 Å². The molecule has 1 N–H and O–H groups in total. The van der Waals surface area contributed by atoms with Crippen LogP contribution in [-0.2, 0) is 0 Å². The summed E-state index contributed by atoms with van der Waals surface area (Å²) in [7, 11) is 1.58. The van der Waals surface area contributed by atoms with Gasteiger partial charge in [-0.2, -0.15) is 0 Å². The molecule has 0 radical (unpaired) electrons. The van der Waals surface area contributed by atoms with Gasteiger partial charge in [0.2, 0.25) is 0 Å². The molecule has 1 aliphatic rings. The summed E-state index contributed by atoms with van der Waals surface area (Å²) in [6.07, 6.45) is 0. The minimum absolute atomic E-state index is 0.0461. The molecule has 1 heterocycles. The zero-order valence-electron chi connectivity index (χ0n) is 15.4. The lowest BCUT2D eigenvalue weighted by Crippen LogP contribution is -2.51. The van der Waals surface area contributed by atoms with Crippen LogP contribution < -0.4 is 10.1 Å². The second kappa shape index (κ2) is 8.43. The minimum atomic E-state index is -0.159. The molecule has 3 amide bonds. The van der Waals surface area contributed by atoms with Gasteiger partial charge in [0.25, 0.3) is 5.91 Å². The molecule has 0 aliphatic carbocycles. The molecule has 6 nitrogen and oxygen atoms in total. The Labute approximate surface area is 167 Å². The van der Waals surface area contributed by atoms with Crippen molar-refractivity contribution in [2.24, 2.45) is 0 Å². The van der Waals surface area contributed by atoms with Crippen molar-refractivity contribution in [1.82, 2.24) is 9.80 Å². The summed E-state index contributed by atoms with van der Waals surface area (Å²) in [5, 5.41) is 2.92. The Bertz CT molecular complexity index is 848. The Balaban J connectivity index is 1.57. The van der Waals surface area contributed by atoms with Gasteiger partial charge in [-0.3, -0.25) is 4.79 Å². The number of hydrogen-bond acceptors (Lipinski definition) is 3. The van der Waals surface area contributed by atoms with E-state index in [4.69, 9.17) is 4.74 Å². The number of nitrogens with zero attached hydrogens (tertiary/aromatic N) is 2. The van der Waals surface area contributed by atoms with E-state index < -0.39 is 0 Å². The van der Waals surface area contributed by atoms with E-state index in [1.165, 1.54) is 0 Å². The van der Waals surface area contributed by atoms with E-state index >= 15 is 0 Å². The van der Waals surface area contributed by atoms with Gasteiger partial charge >= 0.3 is 6.03 Å². The van der Waals surface area contributed by atoms with Gasteiger partial charge in [-0.05, 0) is 58.7 Å². The molecule has 1 aliphatic heterocycles. The van der Waals surface area contributed by atoms with E-state index in [-0.39, 0.29) is 11.9 Å². The van der Waals surface area contributed by atoms with Gasteiger partial charge < -0.3 is 19.9 Å². The van der Waals surface area contributed by atoms with Crippen LogP contribution in [-0.4, -0.2) is 55.0 Å². The van der Waals surface area contributed by atoms with E-state index in [1.54, 1.807) is 35.1 Å². The average Bonchev–Trinajstić information content (AvgIpc) is 2.69. The van der Waals surface area contributed by atoms with Gasteiger partial charge in [0, 0.05) is 36.2 Å². The molecule has 0 atom stereocenters. The number of nitrogens with one attached hydrogen (secondary N) is 1. The highest BCUT2D eigenvalue weighted by atomic mass is 79.9. The number of urea groups is 1. The van der Waals surface area contributed by atoms with Crippen molar-refractivity contribution in [1.29, 1.82) is 0 Å². The van der Waals surface area contributed by atoms with Gasteiger partial charge in [0.05, 0.1) is 12.8 Å². The fourth-order valence-electron chi connectivity index (χ4n) is 2.97. The molecule has 142 valence electrons. The predicted octanol–water partition coefficient (Wildman–Crippen LogP) is 3.76. The number of ether oxygens (including phenoxy) is 1. The number of anilines is 1. The summed E-state index contributed by atoms with van der Waals surface area (Å²) in [5.74, 6) is 0.609. The monoisotopic (exact) mass is 431 g/mol. The fraction of sp³-hybridized carbons (Fsp3) is 0.300. The third-order valence-corrected chi connectivity index (χ3v) is 5.19. The van der Waals surface area contributed by atoms with E-state index in [0.717, 1.165) is 15.7 Å². The van der Waals surface area contributed by atoms with Crippen molar-refractivity contribution < 1.29 is 14.3 Å². The zero-order chi connectivity index (χ0) is 19.4. The van der Waals surface area contributed by atoms with Crippen molar-refractivity contribution in [3.8, 4) is 5.75 Å². The minimum Gasteiger partial charge on any atom is -0.497 e. The number of benzene rings is 2. The van der Waals surface area contributed by atoms with Gasteiger partial charge in [0.15, 0.2) is 0 Å². The summed E-state index contributed by atoms with van der Waals surface area (Å²) in [5.41, 5.74) is 2.45. The van der Waals surface area contributed by atoms with Crippen molar-refractivity contribution in [3.05, 3.63) is 58.1 Å². The van der Waals surface area contributed by atoms with E-state index in [2.05, 4.69) is 21.2 Å². The molecule has 7 heteroatoms. The molecule has 3 rings (SSSR count). The standard InChI is InChI=1S/C20H22BrN3O3/c1-14-6-7-18(17(21)12-14)22-20(26)24-10-8-23(9-11-24)19(25)15-4-3-5-16(13-15)27-2/h3-7,12-13H,8-11H2,1-2H3,(H,22,26). The van der Waals surface area contributed by atoms with Crippen LogP contribution in [0.4, 0.5) is 10.5 Å². The van der Waals surface area contributed by atoms with E-state index in [9.17, 15) is 9.59 Å². The van der Waals surface area contributed by atoms with Gasteiger partial charge in [0.1, 0.15) is 5.75 Å². The topological polar surface area (TPSA) is 61.9 Å². The largest absolute Gasteiger partial charge is 0.497 e. The zero-order valence-corrected chi connectivity index (χ0v) is 17.0. The van der Waals surface area contributed by atoms with Crippen LogP contribution >= 0.6 is 15.9 Å². The number of rotatable bonds is 3. The molecule has 1 fully saturated rings. The first-order valence-corrected chi connectivity index (χ1v) is 9.52. The van der Waals surface area contributed by atoms with E-state index in [0.29, 0.717) is 37.5 Å². The highest BCUT2D eigenvalue weighted by molar-refractivity contribution is 9.10. The molecule has 0 aromatic heterocycles. The maximum atomic E-state index is 12.7. The summed E-state index contributed by atoms with van der Waals surface area (Å²) in [6.45, 7) is 3.97. The number of hydrogen-bond donors (Lipinski definition) is 1. The summed E-state index contributed by atoms with van der Waals surface area (Å²) < 4.78 is 6.03. The molecular weight excluding hydrogens is 410 g/mol. The first-order valence-electron chi connectivity index (χ1n) is 8.73. The van der Waals surface area contributed by atoms with Crippen LogP contribution in [0.25, 0.3) is 0 Å². The smallest absolute Gasteiger partial charge is 0.321 e. The number of amides is 3. The maximum Gasteiger partial charge on any atom is 0.321 e. The maximum absolute atomic E-state index is 12.7. The lowest BCUT2D eigenvalue weighted by molar-refractivity contribution is 0.0671. The molecular formula is C20H22BrN3O3. The van der Waals surface area contributed by atoms with Gasteiger partial charge in [-0.1, -0.05) is 12.1 Å². The van der Waals surface area contributed by atoms with Crippen molar-refractivity contribution in [3.63, 3.8) is 0 Å². The average molecular weight is 432 g/mol. The lowest BCUT2D eigenvalue weighted by Gasteiger charge is -2.34. The predicted molar refractivity (Wildman–Crippen MR) is 108 cm³/mol. The Morgan fingerprint density at radius 2 is 1.74 bits per heavy atom. The second-order valence-corrected chi connectivity index (χ2v) is 7.28. The Kier molecular flexibility index (Phi) is 6.01. The Morgan fingerprint density at radius 3 is 2.41 bits per heavy atom. The van der Waals surface area contributed by atoms with Crippen LogP contribution in [0.15, 0.2) is 46.9 Å². The molecule has 0 saturated carbocycles. The highest BCUT2D eigenvalue weighted by Crippen LogP contribution is 2.24. The van der Waals surface area contributed by atoms with Crippen molar-refractivity contribution >= 4 is 33.6 Å². The number of halogens is 1. The fourth-order valence-corrected chi connectivity index (χ4v) is 3.56. The van der Waals surface area contributed by atoms with Crippen LogP contribution in [0.3, 0.4) is 0 Å². The summed E-state index contributed by atoms with van der Waals surface area (Å²) >= 11 is 3.47. The summed E-state index contributed by atoms with van der Waals surface area (Å²) in [4.78, 5) is 28.7. The van der Waals surface area contributed by atoms with Crippen molar-refractivity contribution in [2.75, 3.05) is 38.6 Å². The highest BCUT2D eigenvalue weighted by Gasteiger charge is 2.25. The number of carbonyl (C=O) groups excluding carboxylic acids is 2. The molecule has 0 spiro atoms.